The van der Waals surface area contributed by atoms with Gasteiger partial charge in [-0.1, -0.05) is 48.0 Å². The minimum atomic E-state index is -1.01. The Bertz CT molecular complexity index is 1790. The number of amides is 2. The van der Waals surface area contributed by atoms with Crippen molar-refractivity contribution >= 4 is 39.3 Å². The van der Waals surface area contributed by atoms with Crippen LogP contribution in [-0.2, 0) is 6.54 Å². The van der Waals surface area contributed by atoms with Crippen molar-refractivity contribution in [1.82, 2.24) is 4.98 Å². The van der Waals surface area contributed by atoms with Gasteiger partial charge in [-0.3, -0.25) is 9.59 Å². The summed E-state index contributed by atoms with van der Waals surface area (Å²) in [7, 11) is 0. The maximum absolute atomic E-state index is 13.3. The van der Waals surface area contributed by atoms with E-state index in [2.05, 4.69) is 11.1 Å². The molecule has 1 aliphatic rings. The minimum absolute atomic E-state index is 0.0171. The maximum Gasteiger partial charge on any atom is 0.258 e. The molecule has 2 heterocycles. The molecule has 1 atom stereocenters. The number of aryl methyl sites for hydroxylation is 1. The lowest BCUT2D eigenvalue weighted by Crippen LogP contribution is -2.24. The first-order valence-electron chi connectivity index (χ1n) is 12.5. The summed E-state index contributed by atoms with van der Waals surface area (Å²) < 4.78 is 0. The molecular weight excluding hydrogens is 478 g/mol. The van der Waals surface area contributed by atoms with Crippen LogP contribution < -0.4 is 10.6 Å². The normalized spacial score (nSPS) is 13.9. The molecule has 0 spiro atoms. The van der Waals surface area contributed by atoms with Crippen LogP contribution in [0.15, 0.2) is 66.7 Å². The number of fused-ring (bicyclic) bond motifs is 4. The fourth-order valence-corrected chi connectivity index (χ4v) is 5.62. The van der Waals surface area contributed by atoms with Crippen LogP contribution in [-0.4, -0.2) is 33.6 Å². The summed E-state index contributed by atoms with van der Waals surface area (Å²) in [5.41, 5.74) is 14.4. The number of aromatic nitrogens is 1. The monoisotopic (exact) mass is 505 g/mol. The second-order valence-corrected chi connectivity index (χ2v) is 9.90. The second-order valence-electron chi connectivity index (χ2n) is 9.90. The zero-order chi connectivity index (χ0) is 26.7. The Labute approximate surface area is 219 Å². The van der Waals surface area contributed by atoms with Gasteiger partial charge < -0.3 is 25.8 Å². The lowest BCUT2D eigenvalue weighted by molar-refractivity contribution is 0.0957. The molecule has 38 heavy (non-hydrogen) atoms. The number of hydrogen-bond donors (Lipinski definition) is 4. The Balaban J connectivity index is 1.54. The summed E-state index contributed by atoms with van der Waals surface area (Å²) in [6.07, 6.45) is -1.01. The van der Waals surface area contributed by atoms with Gasteiger partial charge in [0.25, 0.3) is 11.8 Å². The van der Waals surface area contributed by atoms with Gasteiger partial charge in [-0.2, -0.15) is 0 Å². The fourth-order valence-electron chi connectivity index (χ4n) is 5.62. The van der Waals surface area contributed by atoms with Gasteiger partial charge in [-0.05, 0) is 65.9 Å². The van der Waals surface area contributed by atoms with E-state index in [-0.39, 0.29) is 5.91 Å². The number of anilines is 1. The molecule has 0 radical (unpaired) electrons. The lowest BCUT2D eigenvalue weighted by Gasteiger charge is -2.21. The number of nitrogens with two attached hydrogens (primary N) is 1. The molecule has 0 aliphatic carbocycles. The number of carbonyl (C=O) groups excluding carboxylic acids is 2. The van der Waals surface area contributed by atoms with Crippen molar-refractivity contribution in [3.05, 3.63) is 100 Å². The van der Waals surface area contributed by atoms with E-state index in [1.807, 2.05) is 61.2 Å². The van der Waals surface area contributed by atoms with Crippen molar-refractivity contribution in [2.45, 2.75) is 26.5 Å². The van der Waals surface area contributed by atoms with Gasteiger partial charge in [0.15, 0.2) is 0 Å². The average Bonchev–Trinajstić information content (AvgIpc) is 3.44. The highest BCUT2D eigenvalue weighted by Gasteiger charge is 2.30. The van der Waals surface area contributed by atoms with Crippen molar-refractivity contribution in [2.24, 2.45) is 5.73 Å². The van der Waals surface area contributed by atoms with E-state index in [9.17, 15) is 19.8 Å². The van der Waals surface area contributed by atoms with E-state index < -0.39 is 18.6 Å². The highest BCUT2D eigenvalue weighted by molar-refractivity contribution is 6.20. The number of benzene rings is 4. The van der Waals surface area contributed by atoms with E-state index >= 15 is 0 Å². The van der Waals surface area contributed by atoms with Gasteiger partial charge in [0, 0.05) is 27.5 Å². The molecule has 0 unspecified atom stereocenters. The standard InChI is InChI=1S/C31H27N3O4/c1-16-6-8-21-19(12-16)14-34(31(21)38)26-5-3-4-20(17(26)2)22-10-11-24(30(32)37)29-28(22)23-9-7-18(27(36)15-35)13-25(23)33-29/h3-13,27,33,35-36H,14-15H2,1-2H3,(H2,32,37)/t27-/m1/s1. The molecule has 5 aromatic rings. The van der Waals surface area contributed by atoms with Gasteiger partial charge in [0.05, 0.1) is 24.2 Å². The lowest BCUT2D eigenvalue weighted by atomic mass is 9.93. The minimum Gasteiger partial charge on any atom is -0.393 e. The number of aromatic amines is 1. The highest BCUT2D eigenvalue weighted by Crippen LogP contribution is 2.41. The number of H-pyrrole nitrogens is 1. The molecule has 7 heteroatoms. The Morgan fingerprint density at radius 2 is 1.82 bits per heavy atom. The van der Waals surface area contributed by atoms with Gasteiger partial charge >= 0.3 is 0 Å². The summed E-state index contributed by atoms with van der Waals surface area (Å²) in [6, 6.07) is 20.9. The molecule has 0 fully saturated rings. The average molecular weight is 506 g/mol. The molecule has 0 bridgehead atoms. The van der Waals surface area contributed by atoms with Gasteiger partial charge in [0.1, 0.15) is 6.10 Å². The molecule has 4 aromatic carbocycles. The molecule has 190 valence electrons. The third-order valence-electron chi connectivity index (χ3n) is 7.55. The predicted octanol–water partition coefficient (Wildman–Crippen LogP) is 4.89. The number of carbonyl (C=O) groups is 2. The third-order valence-corrected chi connectivity index (χ3v) is 7.55. The molecule has 7 nitrogen and oxygen atoms in total. The number of nitrogens with one attached hydrogen (secondary N) is 1. The van der Waals surface area contributed by atoms with E-state index in [1.54, 1.807) is 18.2 Å². The van der Waals surface area contributed by atoms with Gasteiger partial charge in [-0.15, -0.1) is 0 Å². The van der Waals surface area contributed by atoms with E-state index in [4.69, 9.17) is 5.73 Å². The number of hydrogen-bond acceptors (Lipinski definition) is 4. The molecule has 1 aromatic heterocycles. The van der Waals surface area contributed by atoms with Crippen LogP contribution in [0.2, 0.25) is 0 Å². The molecule has 1 aliphatic heterocycles. The van der Waals surface area contributed by atoms with Crippen molar-refractivity contribution in [1.29, 1.82) is 0 Å². The van der Waals surface area contributed by atoms with E-state index in [0.29, 0.717) is 28.7 Å². The van der Waals surface area contributed by atoms with Crippen molar-refractivity contribution < 1.29 is 19.8 Å². The van der Waals surface area contributed by atoms with Crippen molar-refractivity contribution in [2.75, 3.05) is 11.5 Å². The van der Waals surface area contributed by atoms with Gasteiger partial charge in [0.2, 0.25) is 0 Å². The number of primary amides is 1. The molecular formula is C31H27N3O4. The van der Waals surface area contributed by atoms with E-state index in [0.717, 1.165) is 49.8 Å². The van der Waals surface area contributed by atoms with Crippen LogP contribution in [0.1, 0.15) is 49.1 Å². The SMILES string of the molecule is Cc1ccc2c(c1)CN(c1cccc(-c3ccc(C(N)=O)c4[nH]c5cc([C@H](O)CO)ccc5c34)c1C)C2=O. The first-order chi connectivity index (χ1) is 18.3. The van der Waals surface area contributed by atoms with E-state index in [1.165, 1.54) is 0 Å². The first-order valence-corrected chi connectivity index (χ1v) is 12.5. The van der Waals surface area contributed by atoms with Crippen LogP contribution in [0, 0.1) is 13.8 Å². The third kappa shape index (κ3) is 3.59. The van der Waals surface area contributed by atoms with Gasteiger partial charge in [-0.25, -0.2) is 0 Å². The first kappa shape index (κ1) is 23.9. The zero-order valence-electron chi connectivity index (χ0n) is 21.1. The Hall–Kier alpha value is -4.46. The number of aliphatic hydroxyl groups is 2. The van der Waals surface area contributed by atoms with Crippen LogP contribution in [0.4, 0.5) is 5.69 Å². The molecule has 0 saturated heterocycles. The number of aliphatic hydroxyl groups excluding tert-OH is 2. The van der Waals surface area contributed by atoms with Crippen LogP contribution >= 0.6 is 0 Å². The molecule has 6 rings (SSSR count). The Morgan fingerprint density at radius 3 is 2.58 bits per heavy atom. The molecule has 0 saturated carbocycles. The van der Waals surface area contributed by atoms with Crippen LogP contribution in [0.5, 0.6) is 0 Å². The Morgan fingerprint density at radius 1 is 1.03 bits per heavy atom. The highest BCUT2D eigenvalue weighted by atomic mass is 16.3. The fraction of sp³-hybridized carbons (Fsp3) is 0.161. The molecule has 5 N–H and O–H groups in total. The van der Waals surface area contributed by atoms with Crippen LogP contribution in [0.25, 0.3) is 32.9 Å². The smallest absolute Gasteiger partial charge is 0.258 e. The van der Waals surface area contributed by atoms with Crippen molar-refractivity contribution in [3.8, 4) is 11.1 Å². The number of rotatable bonds is 5. The summed E-state index contributed by atoms with van der Waals surface area (Å²) in [5, 5.41) is 21.2. The summed E-state index contributed by atoms with van der Waals surface area (Å²) in [6.45, 7) is 4.15. The predicted molar refractivity (Wildman–Crippen MR) is 148 cm³/mol. The van der Waals surface area contributed by atoms with Crippen LogP contribution in [0.3, 0.4) is 0 Å². The summed E-state index contributed by atoms with van der Waals surface area (Å²) >= 11 is 0. The summed E-state index contributed by atoms with van der Waals surface area (Å²) in [5.74, 6) is -0.568. The quantitative estimate of drug-likeness (QED) is 0.272. The maximum atomic E-state index is 13.3. The topological polar surface area (TPSA) is 120 Å². The zero-order valence-corrected chi connectivity index (χ0v) is 21.1. The second kappa shape index (κ2) is 8.83. The summed E-state index contributed by atoms with van der Waals surface area (Å²) in [4.78, 5) is 30.8. The Kier molecular flexibility index (Phi) is 5.56. The largest absolute Gasteiger partial charge is 0.393 e. The number of nitrogens with zero attached hydrogens (tertiary/aromatic N) is 1. The van der Waals surface area contributed by atoms with Crippen molar-refractivity contribution in [3.63, 3.8) is 0 Å². The molecule has 2 amide bonds.